The van der Waals surface area contributed by atoms with Crippen LogP contribution in [0.25, 0.3) is 15.9 Å². The maximum Gasteiger partial charge on any atom is 0.297 e. The summed E-state index contributed by atoms with van der Waals surface area (Å²) in [7, 11) is 1.76. The molecule has 0 bridgehead atoms. The first kappa shape index (κ1) is 25.0. The minimum absolute atomic E-state index is 0.0449. The lowest BCUT2D eigenvalue weighted by atomic mass is 10.2. The average molecular weight is 547 g/mol. The molecule has 0 fully saturated rings. The molecule has 38 heavy (non-hydrogen) atoms. The first-order chi connectivity index (χ1) is 18.2. The predicted molar refractivity (Wildman–Crippen MR) is 146 cm³/mol. The number of fused-ring (bicyclic) bond motifs is 1. The normalized spacial score (nSPS) is 11.4. The van der Waals surface area contributed by atoms with Crippen LogP contribution in [0.2, 0.25) is 0 Å². The van der Waals surface area contributed by atoms with Gasteiger partial charge in [-0.05, 0) is 36.8 Å². The molecule has 0 radical (unpaired) electrons. The van der Waals surface area contributed by atoms with Crippen LogP contribution in [0.5, 0.6) is 0 Å². The molecule has 13 heteroatoms. The van der Waals surface area contributed by atoms with Crippen molar-refractivity contribution in [2.24, 2.45) is 12.0 Å². The van der Waals surface area contributed by atoms with Crippen molar-refractivity contribution in [2.75, 3.05) is 0 Å². The highest BCUT2D eigenvalue weighted by Crippen LogP contribution is 2.39. The molecule has 5 rings (SSSR count). The third-order valence-electron chi connectivity index (χ3n) is 5.81. The van der Waals surface area contributed by atoms with Crippen molar-refractivity contribution in [1.29, 1.82) is 0 Å². The molecule has 0 unspecified atom stereocenters. The predicted octanol–water partition coefficient (Wildman–Crippen LogP) is 5.81. The average Bonchev–Trinajstić information content (AvgIpc) is 3.40. The van der Waals surface area contributed by atoms with Crippen molar-refractivity contribution in [3.63, 3.8) is 0 Å². The molecule has 0 N–H and O–H groups in total. The maximum atomic E-state index is 13.1. The number of hydrogen-bond donors (Lipinski definition) is 0. The number of rotatable bonds is 7. The Morgan fingerprint density at radius 1 is 1.03 bits per heavy atom. The van der Waals surface area contributed by atoms with E-state index in [2.05, 4.69) is 9.98 Å². The fourth-order valence-corrected chi connectivity index (χ4v) is 5.97. The molecule has 2 aromatic heterocycles. The zero-order valence-corrected chi connectivity index (χ0v) is 21.6. The molecule has 0 spiro atoms. The number of aromatic nitrogens is 3. The van der Waals surface area contributed by atoms with Crippen molar-refractivity contribution in [3.05, 3.63) is 109 Å². The molecule has 5 aromatic rings. The Morgan fingerprint density at radius 3 is 2.50 bits per heavy atom. The number of nitro benzene ring substituents is 2. The smallest absolute Gasteiger partial charge is 0.283 e. The Kier molecular flexibility index (Phi) is 6.61. The second kappa shape index (κ2) is 10.0. The first-order valence-electron chi connectivity index (χ1n) is 11.1. The molecule has 2 heterocycles. The second-order valence-electron chi connectivity index (χ2n) is 8.14. The van der Waals surface area contributed by atoms with Crippen LogP contribution in [-0.2, 0) is 7.05 Å². The summed E-state index contributed by atoms with van der Waals surface area (Å²) < 4.78 is 4.36. The van der Waals surface area contributed by atoms with Crippen LogP contribution >= 0.6 is 23.1 Å². The minimum atomic E-state index is -0.492. The highest BCUT2D eigenvalue weighted by molar-refractivity contribution is 8.01. The van der Waals surface area contributed by atoms with E-state index in [1.165, 1.54) is 40.4 Å². The van der Waals surface area contributed by atoms with E-state index >= 15 is 0 Å². The van der Waals surface area contributed by atoms with Gasteiger partial charge in [-0.2, -0.15) is 0 Å². The maximum absolute atomic E-state index is 13.1. The fraction of sp³-hybridized carbons (Fsp3) is 0.0800. The van der Waals surface area contributed by atoms with Gasteiger partial charge in [-0.3, -0.25) is 29.7 Å². The van der Waals surface area contributed by atoms with Crippen molar-refractivity contribution in [1.82, 2.24) is 14.3 Å². The van der Waals surface area contributed by atoms with Gasteiger partial charge in [-0.25, -0.2) is 14.7 Å². The van der Waals surface area contributed by atoms with Crippen molar-refractivity contribution >= 4 is 56.6 Å². The highest BCUT2D eigenvalue weighted by Gasteiger charge is 2.19. The number of para-hydroxylation sites is 1. The number of nitrogens with zero attached hydrogens (tertiary/aromatic N) is 6. The second-order valence-corrected chi connectivity index (χ2v) is 10.5. The molecule has 0 saturated carbocycles. The fourth-order valence-electron chi connectivity index (χ4n) is 3.83. The summed E-state index contributed by atoms with van der Waals surface area (Å²) >= 11 is 2.33. The quantitative estimate of drug-likeness (QED) is 0.143. The Labute approximate surface area is 223 Å². The lowest BCUT2D eigenvalue weighted by molar-refractivity contribution is -0.387. The number of nitro groups is 2. The zero-order chi connectivity index (χ0) is 27.0. The van der Waals surface area contributed by atoms with Crippen LogP contribution in [0.15, 0.2) is 85.8 Å². The van der Waals surface area contributed by atoms with E-state index < -0.39 is 9.85 Å². The van der Waals surface area contributed by atoms with Gasteiger partial charge in [-0.15, -0.1) is 11.3 Å². The molecule has 11 nitrogen and oxygen atoms in total. The molecule has 0 aliphatic heterocycles. The van der Waals surface area contributed by atoms with Crippen LogP contribution in [0.3, 0.4) is 0 Å². The van der Waals surface area contributed by atoms with Crippen LogP contribution in [0, 0.1) is 27.2 Å². The van der Waals surface area contributed by atoms with E-state index in [9.17, 15) is 25.0 Å². The summed E-state index contributed by atoms with van der Waals surface area (Å²) in [5.74, 6) is 0. The van der Waals surface area contributed by atoms with Crippen molar-refractivity contribution in [3.8, 4) is 5.69 Å². The topological polar surface area (TPSA) is 138 Å². The van der Waals surface area contributed by atoms with E-state index in [0.29, 0.717) is 36.4 Å². The van der Waals surface area contributed by atoms with E-state index in [4.69, 9.17) is 0 Å². The van der Waals surface area contributed by atoms with Crippen LogP contribution in [0.1, 0.15) is 11.3 Å². The number of thiazole rings is 1. The Hall–Kier alpha value is -4.62. The van der Waals surface area contributed by atoms with E-state index in [0.717, 1.165) is 11.8 Å². The molecule has 0 aliphatic rings. The summed E-state index contributed by atoms with van der Waals surface area (Å²) in [5, 5.41) is 22.9. The molecule has 0 atom stereocenters. The van der Waals surface area contributed by atoms with Gasteiger partial charge in [0.25, 0.3) is 16.9 Å². The number of non-ortho nitro benzene ring substituents is 1. The largest absolute Gasteiger partial charge is 0.297 e. The zero-order valence-electron chi connectivity index (χ0n) is 20.0. The van der Waals surface area contributed by atoms with Gasteiger partial charge in [0.2, 0.25) is 0 Å². The monoisotopic (exact) mass is 546 g/mol. The molecule has 0 amide bonds. The lowest BCUT2D eigenvalue weighted by Crippen LogP contribution is -2.19. The lowest BCUT2D eigenvalue weighted by Gasteiger charge is -2.07. The SMILES string of the molecule is Cc1c(N=Cc2ccc(Sc3nc4ccc([N+](=O)[O-])cc4s3)c([N+](=O)[O-])c2)c(=O)n(-c2ccccc2)n1C. The van der Waals surface area contributed by atoms with Gasteiger partial charge in [-0.1, -0.05) is 36.0 Å². The highest BCUT2D eigenvalue weighted by atomic mass is 32.2. The van der Waals surface area contributed by atoms with Crippen molar-refractivity contribution < 1.29 is 9.85 Å². The molecule has 0 aliphatic carbocycles. The van der Waals surface area contributed by atoms with Gasteiger partial charge in [0, 0.05) is 31.5 Å². The third-order valence-corrected chi connectivity index (χ3v) is 7.95. The van der Waals surface area contributed by atoms with Gasteiger partial charge in [0.15, 0.2) is 10.0 Å². The summed E-state index contributed by atoms with van der Waals surface area (Å²) in [6.45, 7) is 1.78. The third kappa shape index (κ3) is 4.71. The van der Waals surface area contributed by atoms with Crippen LogP contribution in [-0.4, -0.2) is 30.4 Å². The minimum Gasteiger partial charge on any atom is -0.283 e. The standard InChI is InChI=1S/C25H18N6O5S2/c1-15-23(24(32)29(28(15)2)17-6-4-3-5-7-17)26-14-16-8-11-21(20(12-16)31(35)36)37-25-27-19-10-9-18(30(33)34)13-22(19)38-25/h3-14H,1-2H3. The number of aliphatic imine (C=N–C) groups is 1. The van der Waals surface area contributed by atoms with Crippen molar-refractivity contribution in [2.45, 2.75) is 16.2 Å². The first-order valence-corrected chi connectivity index (χ1v) is 12.8. The van der Waals surface area contributed by atoms with Gasteiger partial charge in [0.05, 0.1) is 36.3 Å². The van der Waals surface area contributed by atoms with E-state index in [-0.39, 0.29) is 22.6 Å². The van der Waals surface area contributed by atoms with Gasteiger partial charge >= 0.3 is 0 Å². The Bertz CT molecular complexity index is 1810. The molecule has 0 saturated heterocycles. The number of hydrogen-bond acceptors (Lipinski definition) is 9. The summed E-state index contributed by atoms with van der Waals surface area (Å²) in [6.07, 6.45) is 1.43. The molecular weight excluding hydrogens is 528 g/mol. The Balaban J connectivity index is 1.45. The van der Waals surface area contributed by atoms with E-state index in [1.807, 2.05) is 30.3 Å². The molecular formula is C25H18N6O5S2. The Morgan fingerprint density at radius 2 is 1.79 bits per heavy atom. The summed E-state index contributed by atoms with van der Waals surface area (Å²) in [5.41, 5.74) is 2.13. The van der Waals surface area contributed by atoms with Gasteiger partial charge in [0.1, 0.15) is 0 Å². The summed E-state index contributed by atoms with van der Waals surface area (Å²) in [6, 6.07) is 18.2. The summed E-state index contributed by atoms with van der Waals surface area (Å²) in [4.78, 5) is 44.1. The van der Waals surface area contributed by atoms with Gasteiger partial charge < -0.3 is 0 Å². The molecule has 190 valence electrons. The van der Waals surface area contributed by atoms with Crippen LogP contribution in [0.4, 0.5) is 17.1 Å². The van der Waals surface area contributed by atoms with E-state index in [1.54, 1.807) is 36.9 Å². The van der Waals surface area contributed by atoms with Crippen LogP contribution < -0.4 is 5.56 Å². The molecule has 3 aromatic carbocycles. The number of benzene rings is 3.